The third-order valence-electron chi connectivity index (χ3n) is 2.09. The van der Waals surface area contributed by atoms with Crippen LogP contribution in [0.15, 0.2) is 0 Å². The molecule has 0 aliphatic carbocycles. The number of hydrogen-bond acceptors (Lipinski definition) is 2. The minimum Gasteiger partial charge on any atom is -0.339 e. The third kappa shape index (κ3) is 2.30. The molecular weight excluding hydrogens is 255 g/mol. The first-order chi connectivity index (χ1) is 5.25. The molecule has 1 heterocycles. The molecule has 1 rings (SSSR count). The molecule has 1 saturated heterocycles. The first kappa shape index (κ1) is 9.25. The maximum absolute atomic E-state index is 11.0. The molecule has 0 spiro atoms. The van der Waals surface area contributed by atoms with E-state index in [9.17, 15) is 4.79 Å². The summed E-state index contributed by atoms with van der Waals surface area (Å²) in [5, 5.41) is 0. The Balaban J connectivity index is 2.44. The molecule has 11 heavy (non-hydrogen) atoms. The van der Waals surface area contributed by atoms with Crippen molar-refractivity contribution in [1.82, 2.24) is 8.43 Å². The summed E-state index contributed by atoms with van der Waals surface area (Å²) in [7, 11) is 0. The summed E-state index contributed by atoms with van der Waals surface area (Å²) in [4.78, 5) is 13.0. The molecule has 1 aliphatic heterocycles. The Morgan fingerprint density at radius 3 is 3.09 bits per heavy atom. The SMILES string of the molecule is CC(=O)N1CCC[C@H]1CNI. The Kier molecular flexibility index (Phi) is 3.58. The van der Waals surface area contributed by atoms with Crippen LogP contribution in [0.3, 0.4) is 0 Å². The van der Waals surface area contributed by atoms with E-state index in [4.69, 9.17) is 0 Å². The minimum atomic E-state index is 0.208. The summed E-state index contributed by atoms with van der Waals surface area (Å²) < 4.78 is 3.07. The molecular formula is C7H13IN2O. The normalized spacial score (nSPS) is 24.2. The Morgan fingerprint density at radius 1 is 1.82 bits per heavy atom. The van der Waals surface area contributed by atoms with Gasteiger partial charge in [0.05, 0.1) is 0 Å². The van der Waals surface area contributed by atoms with E-state index in [1.54, 1.807) is 6.92 Å². The monoisotopic (exact) mass is 268 g/mol. The first-order valence-electron chi connectivity index (χ1n) is 3.86. The number of nitrogens with one attached hydrogen (secondary N) is 1. The van der Waals surface area contributed by atoms with Crippen molar-refractivity contribution in [3.8, 4) is 0 Å². The maximum Gasteiger partial charge on any atom is 0.219 e. The smallest absolute Gasteiger partial charge is 0.219 e. The van der Waals surface area contributed by atoms with Gasteiger partial charge in [0.25, 0.3) is 0 Å². The van der Waals surface area contributed by atoms with Crippen LogP contribution in [0.25, 0.3) is 0 Å². The Hall–Kier alpha value is 0.160. The van der Waals surface area contributed by atoms with E-state index in [1.807, 2.05) is 4.90 Å². The lowest BCUT2D eigenvalue weighted by atomic mass is 10.2. The molecule has 1 atom stereocenters. The van der Waals surface area contributed by atoms with Crippen LogP contribution >= 0.6 is 22.9 Å². The summed E-state index contributed by atoms with van der Waals surface area (Å²) in [5.74, 6) is 0.208. The van der Waals surface area contributed by atoms with Gasteiger partial charge in [0.1, 0.15) is 0 Å². The second-order valence-electron chi connectivity index (χ2n) is 2.85. The average Bonchev–Trinajstić information content (AvgIpc) is 2.36. The number of amides is 1. The Morgan fingerprint density at radius 2 is 2.55 bits per heavy atom. The fourth-order valence-electron chi connectivity index (χ4n) is 1.55. The van der Waals surface area contributed by atoms with Gasteiger partial charge < -0.3 is 4.90 Å². The lowest BCUT2D eigenvalue weighted by Gasteiger charge is -2.22. The minimum absolute atomic E-state index is 0.208. The molecule has 0 saturated carbocycles. The zero-order chi connectivity index (χ0) is 8.27. The molecule has 0 aromatic heterocycles. The van der Waals surface area contributed by atoms with Crippen molar-refractivity contribution in [3.05, 3.63) is 0 Å². The van der Waals surface area contributed by atoms with Crippen molar-refractivity contribution in [2.45, 2.75) is 25.8 Å². The fraction of sp³-hybridized carbons (Fsp3) is 0.857. The van der Waals surface area contributed by atoms with Crippen LogP contribution in [0, 0.1) is 0 Å². The predicted octanol–water partition coefficient (Wildman–Crippen LogP) is 0.937. The van der Waals surface area contributed by atoms with E-state index < -0.39 is 0 Å². The van der Waals surface area contributed by atoms with E-state index in [1.165, 1.54) is 0 Å². The third-order valence-corrected chi connectivity index (χ3v) is 2.53. The van der Waals surface area contributed by atoms with Gasteiger partial charge in [-0.15, -0.1) is 0 Å². The van der Waals surface area contributed by atoms with Gasteiger partial charge in [-0.2, -0.15) is 0 Å². The van der Waals surface area contributed by atoms with Crippen molar-refractivity contribution in [2.75, 3.05) is 13.1 Å². The summed E-state index contributed by atoms with van der Waals surface area (Å²) >= 11 is 2.12. The molecule has 1 N–H and O–H groups in total. The van der Waals surface area contributed by atoms with Gasteiger partial charge in [0.15, 0.2) is 0 Å². The molecule has 64 valence electrons. The lowest BCUT2D eigenvalue weighted by molar-refractivity contribution is -0.129. The molecule has 1 fully saturated rings. The molecule has 0 aromatic rings. The quantitative estimate of drug-likeness (QED) is 0.597. The second kappa shape index (κ2) is 4.25. The van der Waals surface area contributed by atoms with Crippen molar-refractivity contribution in [1.29, 1.82) is 0 Å². The number of nitrogens with zero attached hydrogens (tertiary/aromatic N) is 1. The van der Waals surface area contributed by atoms with E-state index in [-0.39, 0.29) is 5.91 Å². The average molecular weight is 268 g/mol. The highest BCUT2D eigenvalue weighted by molar-refractivity contribution is 14.1. The van der Waals surface area contributed by atoms with E-state index >= 15 is 0 Å². The summed E-state index contributed by atoms with van der Waals surface area (Å²) in [5.41, 5.74) is 0. The van der Waals surface area contributed by atoms with Crippen molar-refractivity contribution >= 4 is 28.8 Å². The van der Waals surface area contributed by atoms with Crippen LogP contribution < -0.4 is 3.53 Å². The molecule has 3 nitrogen and oxygen atoms in total. The van der Waals surface area contributed by atoms with Crippen molar-refractivity contribution in [2.24, 2.45) is 0 Å². The number of carbonyl (C=O) groups excluding carboxylic acids is 1. The molecule has 4 heteroatoms. The second-order valence-corrected chi connectivity index (χ2v) is 3.61. The topological polar surface area (TPSA) is 32.3 Å². The highest BCUT2D eigenvalue weighted by Gasteiger charge is 2.25. The van der Waals surface area contributed by atoms with Gasteiger partial charge in [-0.1, -0.05) is 0 Å². The first-order valence-corrected chi connectivity index (χ1v) is 4.94. The zero-order valence-electron chi connectivity index (χ0n) is 6.64. The summed E-state index contributed by atoms with van der Waals surface area (Å²) in [6.45, 7) is 3.50. The number of likely N-dealkylation sites (tertiary alicyclic amines) is 1. The molecule has 1 aliphatic rings. The molecule has 0 unspecified atom stereocenters. The van der Waals surface area contributed by atoms with Gasteiger partial charge >= 0.3 is 0 Å². The van der Waals surface area contributed by atoms with Crippen LogP contribution in [-0.2, 0) is 4.79 Å². The summed E-state index contributed by atoms with van der Waals surface area (Å²) in [6, 6.07) is 0.435. The number of hydrogen-bond donors (Lipinski definition) is 1. The van der Waals surface area contributed by atoms with Crippen LogP contribution in [0.4, 0.5) is 0 Å². The van der Waals surface area contributed by atoms with Crippen LogP contribution in [-0.4, -0.2) is 29.9 Å². The van der Waals surface area contributed by atoms with Gasteiger partial charge in [0, 0.05) is 48.9 Å². The molecule has 1 amide bonds. The predicted molar refractivity (Wildman–Crippen MR) is 52.4 cm³/mol. The Bertz CT molecular complexity index is 151. The van der Waals surface area contributed by atoms with Crippen molar-refractivity contribution < 1.29 is 4.79 Å². The van der Waals surface area contributed by atoms with Crippen LogP contribution in [0.1, 0.15) is 19.8 Å². The molecule has 0 bridgehead atoms. The number of halogens is 1. The summed E-state index contributed by atoms with van der Waals surface area (Å²) in [6.07, 6.45) is 2.30. The standard InChI is InChI=1S/C7H13IN2O/c1-6(11)10-4-2-3-7(10)5-9-8/h7,9H,2-5H2,1H3/t7-/m0/s1. The highest BCUT2D eigenvalue weighted by Crippen LogP contribution is 2.16. The van der Waals surface area contributed by atoms with Gasteiger partial charge in [-0.25, -0.2) is 0 Å². The zero-order valence-corrected chi connectivity index (χ0v) is 8.80. The van der Waals surface area contributed by atoms with Gasteiger partial charge in [0.2, 0.25) is 5.91 Å². The number of rotatable bonds is 2. The maximum atomic E-state index is 11.0. The fourth-order valence-corrected chi connectivity index (χ4v) is 2.06. The largest absolute Gasteiger partial charge is 0.339 e. The highest BCUT2D eigenvalue weighted by atomic mass is 127. The molecule has 0 radical (unpaired) electrons. The van der Waals surface area contributed by atoms with E-state index in [2.05, 4.69) is 26.4 Å². The Labute approximate surface area is 81.0 Å². The van der Waals surface area contributed by atoms with Crippen LogP contribution in [0.5, 0.6) is 0 Å². The lowest BCUT2D eigenvalue weighted by Crippen LogP contribution is -2.38. The van der Waals surface area contributed by atoms with Crippen LogP contribution in [0.2, 0.25) is 0 Å². The van der Waals surface area contributed by atoms with Gasteiger partial charge in [-0.3, -0.25) is 8.32 Å². The van der Waals surface area contributed by atoms with E-state index in [0.717, 1.165) is 25.9 Å². The van der Waals surface area contributed by atoms with Gasteiger partial charge in [-0.05, 0) is 12.8 Å². The molecule has 0 aromatic carbocycles. The van der Waals surface area contributed by atoms with E-state index in [0.29, 0.717) is 6.04 Å². The van der Waals surface area contributed by atoms with Crippen molar-refractivity contribution in [3.63, 3.8) is 0 Å². The number of carbonyl (C=O) groups is 1.